The molecule has 0 radical (unpaired) electrons. The number of amides is 1. The van der Waals surface area contributed by atoms with Gasteiger partial charge >= 0.3 is 6.61 Å². The Morgan fingerprint density at radius 2 is 1.96 bits per heavy atom. The molecule has 1 aromatic carbocycles. The largest absolute Gasteiger partial charge is 0.433 e. The number of rotatable bonds is 7. The summed E-state index contributed by atoms with van der Waals surface area (Å²) in [6.45, 7) is -0.257. The Bertz CT molecular complexity index is 689. The van der Waals surface area contributed by atoms with Crippen molar-refractivity contribution in [1.29, 1.82) is 0 Å². The molecule has 0 unspecified atom stereocenters. The van der Waals surface area contributed by atoms with Crippen LogP contribution in [0.3, 0.4) is 0 Å². The van der Waals surface area contributed by atoms with Crippen LogP contribution in [0.4, 0.5) is 14.5 Å². The Balaban J connectivity index is 1.88. The van der Waals surface area contributed by atoms with Gasteiger partial charge in [0.1, 0.15) is 5.75 Å². The maximum Gasteiger partial charge on any atom is 0.387 e. The first-order valence-corrected chi connectivity index (χ1v) is 9.81. The van der Waals surface area contributed by atoms with Crippen LogP contribution >= 0.6 is 0 Å². The van der Waals surface area contributed by atoms with E-state index in [4.69, 9.17) is 0 Å². The number of anilines is 1. The maximum atomic E-state index is 12.4. The highest BCUT2D eigenvalue weighted by molar-refractivity contribution is 7.92. The zero-order valence-electron chi connectivity index (χ0n) is 14.0. The number of carbonyl (C=O) groups is 1. The van der Waals surface area contributed by atoms with E-state index in [1.165, 1.54) is 18.2 Å². The second kappa shape index (κ2) is 8.57. The minimum Gasteiger partial charge on any atom is -0.433 e. The molecule has 0 spiro atoms. The summed E-state index contributed by atoms with van der Waals surface area (Å²) < 4.78 is 52.9. The van der Waals surface area contributed by atoms with Gasteiger partial charge in [0.15, 0.2) is 9.84 Å². The third-order valence-corrected chi connectivity index (χ3v) is 6.48. The number of hydrogen-bond donors (Lipinski definition) is 1. The number of halogens is 2. The van der Waals surface area contributed by atoms with Gasteiger partial charge in [-0.25, -0.2) is 8.42 Å². The molecule has 0 saturated carbocycles. The highest BCUT2D eigenvalue weighted by atomic mass is 32.2. The Hall–Kier alpha value is -1.74. The van der Waals surface area contributed by atoms with Crippen LogP contribution in [-0.2, 0) is 14.6 Å². The first-order valence-electron chi connectivity index (χ1n) is 8.09. The van der Waals surface area contributed by atoms with E-state index in [2.05, 4.69) is 10.1 Å². The highest BCUT2D eigenvalue weighted by Gasteiger charge is 2.29. The van der Waals surface area contributed by atoms with Crippen LogP contribution in [0.2, 0.25) is 0 Å². The van der Waals surface area contributed by atoms with Gasteiger partial charge in [0.05, 0.1) is 17.5 Å². The zero-order chi connectivity index (χ0) is 18.4. The molecule has 25 heavy (non-hydrogen) atoms. The molecule has 2 rings (SSSR count). The van der Waals surface area contributed by atoms with Gasteiger partial charge in [-0.05, 0) is 38.1 Å². The number of carbonyl (C=O) groups excluding carboxylic acids is 1. The standard InChI is InChI=1S/C16H22F2N2O4S/c1-2-25(22,23)12-7-9-20(10-8-12)11-15(21)19-13-5-3-4-6-14(13)24-16(17)18/h3-6,12,16H,2,7-11H2,1H3,(H,19,21). The van der Waals surface area contributed by atoms with Gasteiger partial charge in [0, 0.05) is 5.75 Å². The summed E-state index contributed by atoms with van der Waals surface area (Å²) in [5.41, 5.74) is 0.177. The molecule has 1 aliphatic heterocycles. The zero-order valence-corrected chi connectivity index (χ0v) is 14.8. The molecular weight excluding hydrogens is 354 g/mol. The third kappa shape index (κ3) is 5.64. The van der Waals surface area contributed by atoms with Crippen LogP contribution in [-0.4, -0.2) is 56.5 Å². The van der Waals surface area contributed by atoms with E-state index in [0.717, 1.165) is 0 Å². The summed E-state index contributed by atoms with van der Waals surface area (Å²) in [6.07, 6.45) is 0.989. The van der Waals surface area contributed by atoms with Gasteiger partial charge in [0.25, 0.3) is 0 Å². The van der Waals surface area contributed by atoms with Gasteiger partial charge in [-0.1, -0.05) is 19.1 Å². The molecule has 1 N–H and O–H groups in total. The van der Waals surface area contributed by atoms with Crippen molar-refractivity contribution in [2.75, 3.05) is 30.7 Å². The summed E-state index contributed by atoms with van der Waals surface area (Å²) in [6, 6.07) is 5.97. The summed E-state index contributed by atoms with van der Waals surface area (Å²) in [7, 11) is -3.05. The second-order valence-corrected chi connectivity index (χ2v) is 8.42. The van der Waals surface area contributed by atoms with E-state index in [-0.39, 0.29) is 34.9 Å². The van der Waals surface area contributed by atoms with Crippen LogP contribution < -0.4 is 10.1 Å². The monoisotopic (exact) mass is 376 g/mol. The SMILES string of the molecule is CCS(=O)(=O)C1CCN(CC(=O)Nc2ccccc2OC(F)F)CC1. The van der Waals surface area contributed by atoms with Crippen LogP contribution in [0.15, 0.2) is 24.3 Å². The van der Waals surface area contributed by atoms with E-state index in [9.17, 15) is 22.0 Å². The Labute approximate surface area is 146 Å². The smallest absolute Gasteiger partial charge is 0.387 e. The number of nitrogens with one attached hydrogen (secondary N) is 1. The van der Waals surface area contributed by atoms with Crippen LogP contribution in [0.25, 0.3) is 0 Å². The molecule has 0 atom stereocenters. The molecular formula is C16H22F2N2O4S. The van der Waals surface area contributed by atoms with Gasteiger partial charge in [-0.15, -0.1) is 0 Å². The maximum absolute atomic E-state index is 12.4. The van der Waals surface area contributed by atoms with Crippen LogP contribution in [0.1, 0.15) is 19.8 Å². The van der Waals surface area contributed by atoms with Gasteiger partial charge < -0.3 is 10.1 Å². The van der Waals surface area contributed by atoms with Crippen LogP contribution in [0.5, 0.6) is 5.75 Å². The van der Waals surface area contributed by atoms with E-state index in [1.54, 1.807) is 13.0 Å². The van der Waals surface area contributed by atoms with Crippen molar-refractivity contribution >= 4 is 21.4 Å². The quantitative estimate of drug-likeness (QED) is 0.789. The number of ether oxygens (including phenoxy) is 1. The fourth-order valence-corrected chi connectivity index (χ4v) is 4.22. The van der Waals surface area contributed by atoms with E-state index >= 15 is 0 Å². The number of likely N-dealkylation sites (tertiary alicyclic amines) is 1. The van der Waals surface area contributed by atoms with E-state index in [1.807, 2.05) is 4.90 Å². The van der Waals surface area contributed by atoms with Gasteiger partial charge in [-0.3, -0.25) is 9.69 Å². The lowest BCUT2D eigenvalue weighted by molar-refractivity contribution is -0.117. The number of hydrogen-bond acceptors (Lipinski definition) is 5. The summed E-state index contributed by atoms with van der Waals surface area (Å²) in [5.74, 6) is -0.334. The summed E-state index contributed by atoms with van der Waals surface area (Å²) >= 11 is 0. The van der Waals surface area contributed by atoms with Crippen LogP contribution in [0, 0.1) is 0 Å². The molecule has 1 saturated heterocycles. The minimum absolute atomic E-state index is 0.0713. The molecule has 1 aromatic rings. The van der Waals surface area contributed by atoms with Crippen molar-refractivity contribution in [3.05, 3.63) is 24.3 Å². The number of nitrogens with zero attached hydrogens (tertiary/aromatic N) is 1. The van der Waals surface area contributed by atoms with Gasteiger partial charge in [0.2, 0.25) is 5.91 Å². The predicted molar refractivity (Wildman–Crippen MR) is 90.6 cm³/mol. The second-order valence-electron chi connectivity index (χ2n) is 5.85. The van der Waals surface area contributed by atoms with Crippen molar-refractivity contribution < 1.29 is 26.7 Å². The molecule has 6 nitrogen and oxygen atoms in total. The first-order chi connectivity index (χ1) is 11.8. The first kappa shape index (κ1) is 19.6. The van der Waals surface area contributed by atoms with Crippen molar-refractivity contribution in [3.8, 4) is 5.75 Å². The average Bonchev–Trinajstić information content (AvgIpc) is 2.56. The Morgan fingerprint density at radius 1 is 1.32 bits per heavy atom. The molecule has 0 aliphatic carbocycles. The van der Waals surface area contributed by atoms with Gasteiger partial charge in [-0.2, -0.15) is 8.78 Å². The lowest BCUT2D eigenvalue weighted by atomic mass is 10.1. The topological polar surface area (TPSA) is 75.7 Å². The fourth-order valence-electron chi connectivity index (χ4n) is 2.82. The molecule has 1 aliphatic rings. The number of alkyl halides is 2. The Morgan fingerprint density at radius 3 is 2.56 bits per heavy atom. The number of para-hydroxylation sites is 2. The predicted octanol–water partition coefficient (Wildman–Crippen LogP) is 2.13. The summed E-state index contributed by atoms with van der Waals surface area (Å²) in [4.78, 5) is 14.0. The normalized spacial score (nSPS) is 16.8. The lowest BCUT2D eigenvalue weighted by Gasteiger charge is -2.31. The van der Waals surface area contributed by atoms with Crippen molar-refractivity contribution in [1.82, 2.24) is 4.90 Å². The Kier molecular flexibility index (Phi) is 6.71. The number of sulfone groups is 1. The summed E-state index contributed by atoms with van der Waals surface area (Å²) in [5, 5.41) is 2.21. The molecule has 0 bridgehead atoms. The van der Waals surface area contributed by atoms with Crippen molar-refractivity contribution in [2.24, 2.45) is 0 Å². The average molecular weight is 376 g/mol. The lowest BCUT2D eigenvalue weighted by Crippen LogP contribution is -2.43. The minimum atomic E-state index is -3.05. The molecule has 140 valence electrons. The fraction of sp³-hybridized carbons (Fsp3) is 0.562. The van der Waals surface area contributed by atoms with Crippen molar-refractivity contribution in [3.63, 3.8) is 0 Å². The highest BCUT2D eigenvalue weighted by Crippen LogP contribution is 2.25. The van der Waals surface area contributed by atoms with E-state index < -0.39 is 16.4 Å². The molecule has 1 fully saturated rings. The molecule has 0 aromatic heterocycles. The number of benzene rings is 1. The molecule has 9 heteroatoms. The number of piperidine rings is 1. The van der Waals surface area contributed by atoms with Crippen molar-refractivity contribution in [2.45, 2.75) is 31.6 Å². The molecule has 1 heterocycles. The molecule has 1 amide bonds. The third-order valence-electron chi connectivity index (χ3n) is 4.19. The van der Waals surface area contributed by atoms with E-state index in [0.29, 0.717) is 25.9 Å².